The van der Waals surface area contributed by atoms with Gasteiger partial charge >= 0.3 is 0 Å². The maximum atomic E-state index is 13.4. The highest BCUT2D eigenvalue weighted by atomic mass is 19.1. The quantitative estimate of drug-likeness (QED) is 0.851. The molecule has 1 aliphatic rings. The summed E-state index contributed by atoms with van der Waals surface area (Å²) < 4.78 is 19.2. The van der Waals surface area contributed by atoms with Gasteiger partial charge < -0.3 is 9.64 Å². The van der Waals surface area contributed by atoms with E-state index in [9.17, 15) is 4.39 Å². The number of anilines is 1. The van der Waals surface area contributed by atoms with E-state index < -0.39 is 0 Å². The Morgan fingerprint density at radius 2 is 2.19 bits per heavy atom. The zero-order valence-corrected chi connectivity index (χ0v) is 12.2. The molecule has 1 atom stereocenters. The first kappa shape index (κ1) is 13.9. The van der Waals surface area contributed by atoms with E-state index in [1.165, 1.54) is 12.1 Å². The minimum absolute atomic E-state index is 0.142. The SMILES string of the molecule is Cc1cnc(C)c(N2CCOC(c3cccc(F)c3)C2)n1. The number of benzene rings is 1. The lowest BCUT2D eigenvalue weighted by atomic mass is 10.1. The van der Waals surface area contributed by atoms with Crippen molar-refractivity contribution in [2.75, 3.05) is 24.6 Å². The zero-order valence-electron chi connectivity index (χ0n) is 12.2. The zero-order chi connectivity index (χ0) is 14.8. The molecule has 1 fully saturated rings. The summed E-state index contributed by atoms with van der Waals surface area (Å²) in [5.74, 6) is 0.652. The van der Waals surface area contributed by atoms with Gasteiger partial charge in [0.2, 0.25) is 0 Å². The topological polar surface area (TPSA) is 38.2 Å². The van der Waals surface area contributed by atoms with Crippen molar-refractivity contribution in [2.24, 2.45) is 0 Å². The van der Waals surface area contributed by atoms with Crippen LogP contribution >= 0.6 is 0 Å². The van der Waals surface area contributed by atoms with Crippen LogP contribution in [0.3, 0.4) is 0 Å². The van der Waals surface area contributed by atoms with Crippen molar-refractivity contribution in [2.45, 2.75) is 20.0 Å². The molecule has 0 aliphatic carbocycles. The first-order valence-electron chi connectivity index (χ1n) is 7.06. The molecule has 0 N–H and O–H groups in total. The highest BCUT2D eigenvalue weighted by molar-refractivity contribution is 5.44. The molecule has 3 rings (SSSR count). The van der Waals surface area contributed by atoms with E-state index in [1.807, 2.05) is 19.9 Å². The maximum Gasteiger partial charge on any atom is 0.150 e. The van der Waals surface area contributed by atoms with Crippen LogP contribution in [0, 0.1) is 19.7 Å². The van der Waals surface area contributed by atoms with Crippen LogP contribution in [0.15, 0.2) is 30.5 Å². The average molecular weight is 287 g/mol. The number of rotatable bonds is 2. The second-order valence-corrected chi connectivity index (χ2v) is 5.28. The summed E-state index contributed by atoms with van der Waals surface area (Å²) in [4.78, 5) is 11.1. The third kappa shape index (κ3) is 3.03. The molecule has 1 saturated heterocycles. The van der Waals surface area contributed by atoms with Crippen molar-refractivity contribution < 1.29 is 9.13 Å². The number of morpholine rings is 1. The van der Waals surface area contributed by atoms with Gasteiger partial charge in [-0.05, 0) is 31.5 Å². The first-order valence-corrected chi connectivity index (χ1v) is 7.06. The Morgan fingerprint density at radius 1 is 1.33 bits per heavy atom. The van der Waals surface area contributed by atoms with Crippen LogP contribution < -0.4 is 4.90 Å². The molecule has 4 nitrogen and oxygen atoms in total. The minimum atomic E-state index is -0.236. The Morgan fingerprint density at radius 3 is 3.00 bits per heavy atom. The summed E-state index contributed by atoms with van der Waals surface area (Å²) in [6, 6.07) is 6.58. The average Bonchev–Trinajstić information content (AvgIpc) is 2.50. The molecule has 21 heavy (non-hydrogen) atoms. The third-order valence-corrected chi connectivity index (χ3v) is 3.64. The van der Waals surface area contributed by atoms with E-state index in [1.54, 1.807) is 12.3 Å². The maximum absolute atomic E-state index is 13.4. The Labute approximate surface area is 123 Å². The van der Waals surface area contributed by atoms with Gasteiger partial charge in [0.25, 0.3) is 0 Å². The minimum Gasteiger partial charge on any atom is -0.370 e. The standard InChI is InChI=1S/C16H18FN3O/c1-11-9-18-12(2)16(19-11)20-6-7-21-15(10-20)13-4-3-5-14(17)8-13/h3-5,8-9,15H,6-7,10H2,1-2H3. The normalized spacial score (nSPS) is 18.8. The Kier molecular flexibility index (Phi) is 3.84. The van der Waals surface area contributed by atoms with Gasteiger partial charge in [0.05, 0.1) is 18.0 Å². The van der Waals surface area contributed by atoms with Crippen molar-refractivity contribution in [3.8, 4) is 0 Å². The highest BCUT2D eigenvalue weighted by Gasteiger charge is 2.24. The molecule has 5 heteroatoms. The molecule has 0 spiro atoms. The van der Waals surface area contributed by atoms with E-state index in [0.29, 0.717) is 13.2 Å². The van der Waals surface area contributed by atoms with Gasteiger partial charge in [-0.1, -0.05) is 12.1 Å². The highest BCUT2D eigenvalue weighted by Crippen LogP contribution is 2.26. The summed E-state index contributed by atoms with van der Waals surface area (Å²) in [5.41, 5.74) is 2.66. The monoisotopic (exact) mass is 287 g/mol. The molecule has 0 amide bonds. The van der Waals surface area contributed by atoms with Crippen LogP contribution in [-0.4, -0.2) is 29.7 Å². The fourth-order valence-corrected chi connectivity index (χ4v) is 2.57. The van der Waals surface area contributed by atoms with Gasteiger partial charge in [0.15, 0.2) is 5.82 Å². The molecular formula is C16H18FN3O. The molecule has 0 bridgehead atoms. The second kappa shape index (κ2) is 5.77. The van der Waals surface area contributed by atoms with E-state index in [-0.39, 0.29) is 11.9 Å². The van der Waals surface area contributed by atoms with Gasteiger partial charge in [0, 0.05) is 19.3 Å². The molecule has 110 valence electrons. The summed E-state index contributed by atoms with van der Waals surface area (Å²) in [5, 5.41) is 0. The lowest BCUT2D eigenvalue weighted by molar-refractivity contribution is 0.0392. The van der Waals surface area contributed by atoms with Crippen molar-refractivity contribution in [1.82, 2.24) is 9.97 Å². The molecule has 1 unspecified atom stereocenters. The van der Waals surface area contributed by atoms with E-state index in [4.69, 9.17) is 4.74 Å². The Bertz CT molecular complexity index is 647. The third-order valence-electron chi connectivity index (χ3n) is 3.64. The van der Waals surface area contributed by atoms with E-state index in [0.717, 1.165) is 29.3 Å². The summed E-state index contributed by atoms with van der Waals surface area (Å²) in [6.45, 7) is 5.90. The molecular weight excluding hydrogens is 269 g/mol. The summed E-state index contributed by atoms with van der Waals surface area (Å²) in [7, 11) is 0. The number of hydrogen-bond acceptors (Lipinski definition) is 4. The smallest absolute Gasteiger partial charge is 0.150 e. The number of aromatic nitrogens is 2. The lowest BCUT2D eigenvalue weighted by Gasteiger charge is -2.34. The van der Waals surface area contributed by atoms with Crippen LogP contribution in [0.4, 0.5) is 10.2 Å². The van der Waals surface area contributed by atoms with Gasteiger partial charge in [0.1, 0.15) is 11.9 Å². The van der Waals surface area contributed by atoms with Crippen molar-refractivity contribution >= 4 is 5.82 Å². The molecule has 0 radical (unpaired) electrons. The molecule has 2 aromatic rings. The Hall–Kier alpha value is -2.01. The number of hydrogen-bond donors (Lipinski definition) is 0. The van der Waals surface area contributed by atoms with E-state index >= 15 is 0 Å². The van der Waals surface area contributed by atoms with Crippen LogP contribution in [0.2, 0.25) is 0 Å². The largest absolute Gasteiger partial charge is 0.370 e. The number of halogens is 1. The molecule has 2 heterocycles. The van der Waals surface area contributed by atoms with Gasteiger partial charge in [-0.3, -0.25) is 4.98 Å². The van der Waals surface area contributed by atoms with Gasteiger partial charge in [-0.2, -0.15) is 0 Å². The first-order chi connectivity index (χ1) is 10.1. The number of nitrogens with zero attached hydrogens (tertiary/aromatic N) is 3. The van der Waals surface area contributed by atoms with Crippen LogP contribution in [-0.2, 0) is 4.74 Å². The van der Waals surface area contributed by atoms with Crippen LogP contribution in [0.25, 0.3) is 0 Å². The fraction of sp³-hybridized carbons (Fsp3) is 0.375. The number of aryl methyl sites for hydroxylation is 2. The lowest BCUT2D eigenvalue weighted by Crippen LogP contribution is -2.39. The van der Waals surface area contributed by atoms with Gasteiger partial charge in [-0.25, -0.2) is 9.37 Å². The van der Waals surface area contributed by atoms with Crippen molar-refractivity contribution in [3.63, 3.8) is 0 Å². The predicted molar refractivity (Wildman–Crippen MR) is 78.8 cm³/mol. The molecule has 1 aromatic heterocycles. The molecule has 1 aromatic carbocycles. The fourth-order valence-electron chi connectivity index (χ4n) is 2.57. The van der Waals surface area contributed by atoms with Gasteiger partial charge in [-0.15, -0.1) is 0 Å². The molecule has 0 saturated carbocycles. The van der Waals surface area contributed by atoms with Crippen LogP contribution in [0.5, 0.6) is 0 Å². The number of ether oxygens (including phenoxy) is 1. The Balaban J connectivity index is 1.84. The van der Waals surface area contributed by atoms with E-state index in [2.05, 4.69) is 14.9 Å². The van der Waals surface area contributed by atoms with Crippen molar-refractivity contribution in [1.29, 1.82) is 0 Å². The summed E-state index contributed by atoms with van der Waals surface area (Å²) >= 11 is 0. The second-order valence-electron chi connectivity index (χ2n) is 5.28. The molecule has 1 aliphatic heterocycles. The van der Waals surface area contributed by atoms with Crippen LogP contribution in [0.1, 0.15) is 23.1 Å². The summed E-state index contributed by atoms with van der Waals surface area (Å²) in [6.07, 6.45) is 1.62. The van der Waals surface area contributed by atoms with Crippen molar-refractivity contribution in [3.05, 3.63) is 53.2 Å². The predicted octanol–water partition coefficient (Wildman–Crippen LogP) is 2.81.